The van der Waals surface area contributed by atoms with Crippen molar-refractivity contribution in [1.82, 2.24) is 5.32 Å². The summed E-state index contributed by atoms with van der Waals surface area (Å²) in [5.41, 5.74) is 0. The Balaban J connectivity index is 1.58. The maximum absolute atomic E-state index is 10.9. The van der Waals surface area contributed by atoms with E-state index in [4.69, 9.17) is 5.11 Å². The first-order valence-corrected chi connectivity index (χ1v) is 7.88. The number of carboxylic acids is 1. The Hall–Kier alpha value is -1.00. The molecule has 0 aromatic heterocycles. The average molecular weight is 279 g/mol. The van der Waals surface area contributed by atoms with Gasteiger partial charge in [0, 0.05) is 23.2 Å². The van der Waals surface area contributed by atoms with E-state index in [2.05, 4.69) is 29.6 Å². The minimum atomic E-state index is -0.627. The maximum Gasteiger partial charge on any atom is 0.306 e. The van der Waals surface area contributed by atoms with Gasteiger partial charge in [-0.1, -0.05) is 18.2 Å². The van der Waals surface area contributed by atoms with E-state index >= 15 is 0 Å². The van der Waals surface area contributed by atoms with Crippen LogP contribution in [0.4, 0.5) is 0 Å². The van der Waals surface area contributed by atoms with Crippen molar-refractivity contribution in [3.8, 4) is 0 Å². The molecule has 19 heavy (non-hydrogen) atoms. The lowest BCUT2D eigenvalue weighted by molar-refractivity contribution is -0.142. The van der Waals surface area contributed by atoms with Crippen molar-refractivity contribution in [3.05, 3.63) is 30.3 Å². The van der Waals surface area contributed by atoms with E-state index in [0.717, 1.165) is 38.0 Å². The highest BCUT2D eigenvalue weighted by molar-refractivity contribution is 7.99. The molecule has 0 unspecified atom stereocenters. The third-order valence-electron chi connectivity index (χ3n) is 3.62. The van der Waals surface area contributed by atoms with Gasteiger partial charge in [-0.3, -0.25) is 4.79 Å². The Bertz CT molecular complexity index is 388. The highest BCUT2D eigenvalue weighted by Crippen LogP contribution is 2.24. The van der Waals surface area contributed by atoms with Crippen molar-refractivity contribution in [3.63, 3.8) is 0 Å². The molecule has 0 amide bonds. The second-order valence-electron chi connectivity index (χ2n) is 5.00. The van der Waals surface area contributed by atoms with Crippen LogP contribution in [0.25, 0.3) is 0 Å². The largest absolute Gasteiger partial charge is 0.481 e. The van der Waals surface area contributed by atoms with Gasteiger partial charge in [0.1, 0.15) is 0 Å². The van der Waals surface area contributed by atoms with Crippen molar-refractivity contribution in [2.45, 2.75) is 36.6 Å². The highest BCUT2D eigenvalue weighted by atomic mass is 32.2. The van der Waals surface area contributed by atoms with Crippen LogP contribution in [0.3, 0.4) is 0 Å². The van der Waals surface area contributed by atoms with Crippen LogP contribution in [-0.4, -0.2) is 29.4 Å². The van der Waals surface area contributed by atoms with Crippen LogP contribution in [0.1, 0.15) is 25.7 Å². The molecule has 0 aliphatic heterocycles. The molecule has 0 heterocycles. The zero-order chi connectivity index (χ0) is 13.5. The Morgan fingerprint density at radius 2 is 1.89 bits per heavy atom. The fourth-order valence-electron chi connectivity index (χ4n) is 2.49. The summed E-state index contributed by atoms with van der Waals surface area (Å²) in [6.45, 7) is 0.988. The van der Waals surface area contributed by atoms with Gasteiger partial charge in [0.05, 0.1) is 5.92 Å². The van der Waals surface area contributed by atoms with Gasteiger partial charge in [0.2, 0.25) is 0 Å². The fourth-order valence-corrected chi connectivity index (χ4v) is 3.30. The number of aliphatic carboxylic acids is 1. The second kappa shape index (κ2) is 7.56. The summed E-state index contributed by atoms with van der Waals surface area (Å²) in [6, 6.07) is 10.9. The lowest BCUT2D eigenvalue weighted by Crippen LogP contribution is -2.36. The third kappa shape index (κ3) is 4.88. The van der Waals surface area contributed by atoms with E-state index < -0.39 is 5.97 Å². The lowest BCUT2D eigenvalue weighted by atomic mass is 9.86. The van der Waals surface area contributed by atoms with E-state index in [0.29, 0.717) is 6.04 Å². The normalized spacial score (nSPS) is 23.2. The van der Waals surface area contributed by atoms with Crippen LogP contribution in [-0.2, 0) is 4.79 Å². The quantitative estimate of drug-likeness (QED) is 0.621. The van der Waals surface area contributed by atoms with E-state index in [9.17, 15) is 4.79 Å². The minimum absolute atomic E-state index is 0.114. The highest BCUT2D eigenvalue weighted by Gasteiger charge is 2.25. The molecule has 0 bridgehead atoms. The number of carbonyl (C=O) groups is 1. The molecule has 1 fully saturated rings. The predicted octanol–water partition coefficient (Wildman–Crippen LogP) is 3.01. The van der Waals surface area contributed by atoms with Crippen molar-refractivity contribution in [1.29, 1.82) is 0 Å². The number of carboxylic acid groups (broad SMARTS) is 1. The van der Waals surface area contributed by atoms with Gasteiger partial charge >= 0.3 is 5.97 Å². The van der Waals surface area contributed by atoms with E-state index in [1.807, 2.05) is 17.8 Å². The molecule has 1 aromatic rings. The standard InChI is InChI=1S/C15H21NO2S/c17-15(18)12-6-8-13(9-7-12)16-10-11-19-14-4-2-1-3-5-14/h1-5,12-13,16H,6-11H2,(H,17,18). The van der Waals surface area contributed by atoms with Gasteiger partial charge in [-0.25, -0.2) is 0 Å². The SMILES string of the molecule is O=C(O)C1CCC(NCCSc2ccccc2)CC1. The second-order valence-corrected chi connectivity index (χ2v) is 6.17. The first-order chi connectivity index (χ1) is 9.25. The summed E-state index contributed by atoms with van der Waals surface area (Å²) in [5.74, 6) is 0.318. The number of benzene rings is 1. The van der Waals surface area contributed by atoms with Crippen LogP contribution in [0, 0.1) is 5.92 Å². The number of hydrogen-bond donors (Lipinski definition) is 2. The molecule has 2 N–H and O–H groups in total. The number of rotatable bonds is 6. The van der Waals surface area contributed by atoms with E-state index in [1.54, 1.807) is 0 Å². The molecule has 0 radical (unpaired) electrons. The van der Waals surface area contributed by atoms with Gasteiger partial charge in [-0.15, -0.1) is 11.8 Å². The summed E-state index contributed by atoms with van der Waals surface area (Å²) in [5, 5.41) is 12.5. The number of nitrogens with one attached hydrogen (secondary N) is 1. The molecule has 3 nitrogen and oxygen atoms in total. The fraction of sp³-hybridized carbons (Fsp3) is 0.533. The van der Waals surface area contributed by atoms with E-state index in [1.165, 1.54) is 4.90 Å². The molecule has 2 rings (SSSR count). The molecule has 1 aliphatic rings. The molecular formula is C15H21NO2S. The number of thioether (sulfide) groups is 1. The Kier molecular flexibility index (Phi) is 5.73. The molecule has 1 aromatic carbocycles. The van der Waals surface area contributed by atoms with Crippen LogP contribution >= 0.6 is 11.8 Å². The average Bonchev–Trinajstić information content (AvgIpc) is 2.45. The van der Waals surface area contributed by atoms with Crippen molar-refractivity contribution < 1.29 is 9.90 Å². The summed E-state index contributed by atoms with van der Waals surface area (Å²) >= 11 is 1.86. The molecule has 0 saturated heterocycles. The van der Waals surface area contributed by atoms with Crippen LogP contribution < -0.4 is 5.32 Å². The van der Waals surface area contributed by atoms with Crippen LogP contribution in [0.5, 0.6) is 0 Å². The minimum Gasteiger partial charge on any atom is -0.481 e. The molecule has 1 aliphatic carbocycles. The van der Waals surface area contributed by atoms with E-state index in [-0.39, 0.29) is 5.92 Å². The summed E-state index contributed by atoms with van der Waals surface area (Å²) in [4.78, 5) is 12.2. The zero-order valence-corrected chi connectivity index (χ0v) is 11.9. The lowest BCUT2D eigenvalue weighted by Gasteiger charge is -2.26. The first kappa shape index (κ1) is 14.4. The monoisotopic (exact) mass is 279 g/mol. The molecule has 0 spiro atoms. The van der Waals surface area contributed by atoms with Gasteiger partial charge in [0.25, 0.3) is 0 Å². The topological polar surface area (TPSA) is 49.3 Å². The van der Waals surface area contributed by atoms with Gasteiger partial charge < -0.3 is 10.4 Å². The van der Waals surface area contributed by atoms with Gasteiger partial charge in [-0.05, 0) is 37.8 Å². The van der Waals surface area contributed by atoms with Gasteiger partial charge in [0.15, 0.2) is 0 Å². The van der Waals surface area contributed by atoms with Crippen molar-refractivity contribution in [2.75, 3.05) is 12.3 Å². The Morgan fingerprint density at radius 1 is 1.21 bits per heavy atom. The molecular weight excluding hydrogens is 258 g/mol. The molecule has 1 saturated carbocycles. The smallest absolute Gasteiger partial charge is 0.306 e. The predicted molar refractivity (Wildman–Crippen MR) is 78.6 cm³/mol. The first-order valence-electron chi connectivity index (χ1n) is 6.90. The number of hydrogen-bond acceptors (Lipinski definition) is 3. The van der Waals surface area contributed by atoms with Gasteiger partial charge in [-0.2, -0.15) is 0 Å². The third-order valence-corrected chi connectivity index (χ3v) is 4.64. The molecule has 0 atom stereocenters. The van der Waals surface area contributed by atoms with Crippen molar-refractivity contribution >= 4 is 17.7 Å². The van der Waals surface area contributed by atoms with Crippen LogP contribution in [0.2, 0.25) is 0 Å². The Morgan fingerprint density at radius 3 is 2.53 bits per heavy atom. The molecule has 4 heteroatoms. The molecule has 104 valence electrons. The zero-order valence-electron chi connectivity index (χ0n) is 11.0. The van der Waals surface area contributed by atoms with Crippen LogP contribution in [0.15, 0.2) is 35.2 Å². The summed E-state index contributed by atoms with van der Waals surface area (Å²) < 4.78 is 0. The Labute approximate surface area is 118 Å². The summed E-state index contributed by atoms with van der Waals surface area (Å²) in [7, 11) is 0. The van der Waals surface area contributed by atoms with Crippen molar-refractivity contribution in [2.24, 2.45) is 5.92 Å². The maximum atomic E-state index is 10.9. The summed E-state index contributed by atoms with van der Waals surface area (Å²) in [6.07, 6.45) is 3.62.